The van der Waals surface area contributed by atoms with E-state index in [1.807, 2.05) is 0 Å². The molecule has 0 saturated carbocycles. The zero-order valence-corrected chi connectivity index (χ0v) is 10.1. The first-order chi connectivity index (χ1) is 9.20. The van der Waals surface area contributed by atoms with Crippen molar-refractivity contribution in [2.45, 2.75) is 6.54 Å². The van der Waals surface area contributed by atoms with Crippen LogP contribution in [-0.4, -0.2) is 24.0 Å². The molecule has 1 aromatic heterocycles. The molecule has 0 N–H and O–H groups in total. The Kier molecular flexibility index (Phi) is 2.56. The SMILES string of the molecule is COc1ccc2c(c1)C(=O)C(=O)N2Cc1ccno1. The Morgan fingerprint density at radius 1 is 1.32 bits per heavy atom. The number of fused-ring (bicyclic) bond motifs is 1. The average molecular weight is 258 g/mol. The molecule has 2 heterocycles. The molecule has 1 aliphatic rings. The molecule has 6 nitrogen and oxygen atoms in total. The lowest BCUT2D eigenvalue weighted by Gasteiger charge is -2.14. The highest BCUT2D eigenvalue weighted by Gasteiger charge is 2.36. The summed E-state index contributed by atoms with van der Waals surface area (Å²) in [4.78, 5) is 25.2. The summed E-state index contributed by atoms with van der Waals surface area (Å²) in [5.41, 5.74) is 0.913. The molecular formula is C13H10N2O4. The third kappa shape index (κ3) is 1.77. The van der Waals surface area contributed by atoms with Crippen molar-refractivity contribution < 1.29 is 18.8 Å². The number of aromatic nitrogens is 1. The Morgan fingerprint density at radius 3 is 2.84 bits per heavy atom. The molecule has 2 aromatic rings. The van der Waals surface area contributed by atoms with Gasteiger partial charge >= 0.3 is 0 Å². The fourth-order valence-corrected chi connectivity index (χ4v) is 2.04. The molecule has 6 heteroatoms. The van der Waals surface area contributed by atoms with Crippen molar-refractivity contribution in [3.63, 3.8) is 0 Å². The van der Waals surface area contributed by atoms with Crippen LogP contribution in [0.15, 0.2) is 35.0 Å². The second kappa shape index (κ2) is 4.24. The summed E-state index contributed by atoms with van der Waals surface area (Å²) >= 11 is 0. The molecule has 0 atom stereocenters. The van der Waals surface area contributed by atoms with Crippen LogP contribution in [0.4, 0.5) is 5.69 Å². The molecule has 1 aliphatic heterocycles. The highest BCUT2D eigenvalue weighted by molar-refractivity contribution is 6.52. The van der Waals surface area contributed by atoms with Crippen LogP contribution in [0.3, 0.4) is 0 Å². The summed E-state index contributed by atoms with van der Waals surface area (Å²) in [5, 5.41) is 3.57. The highest BCUT2D eigenvalue weighted by Crippen LogP contribution is 2.32. The number of ether oxygens (including phenoxy) is 1. The van der Waals surface area contributed by atoms with Crippen molar-refractivity contribution in [3.05, 3.63) is 41.8 Å². The lowest BCUT2D eigenvalue weighted by Crippen LogP contribution is -2.28. The monoisotopic (exact) mass is 258 g/mol. The molecule has 1 aromatic carbocycles. The van der Waals surface area contributed by atoms with Gasteiger partial charge in [0.2, 0.25) is 0 Å². The maximum Gasteiger partial charge on any atom is 0.299 e. The zero-order chi connectivity index (χ0) is 13.4. The van der Waals surface area contributed by atoms with Gasteiger partial charge in [0.15, 0.2) is 5.76 Å². The Bertz CT molecular complexity index is 649. The van der Waals surface area contributed by atoms with Crippen molar-refractivity contribution in [2.24, 2.45) is 0 Å². The van der Waals surface area contributed by atoms with Crippen molar-refractivity contribution in [1.82, 2.24) is 5.16 Å². The van der Waals surface area contributed by atoms with Gasteiger partial charge in [-0.3, -0.25) is 14.5 Å². The second-order valence-electron chi connectivity index (χ2n) is 4.08. The van der Waals surface area contributed by atoms with Crippen LogP contribution in [0.25, 0.3) is 0 Å². The molecule has 3 rings (SSSR count). The van der Waals surface area contributed by atoms with Gasteiger partial charge in [0.05, 0.1) is 31.1 Å². The Morgan fingerprint density at radius 2 is 2.16 bits per heavy atom. The average Bonchev–Trinajstić information content (AvgIpc) is 3.02. The van der Waals surface area contributed by atoms with E-state index in [4.69, 9.17) is 9.26 Å². The van der Waals surface area contributed by atoms with E-state index in [1.54, 1.807) is 24.3 Å². The summed E-state index contributed by atoms with van der Waals surface area (Å²) in [5.74, 6) is -0.0423. The first-order valence-corrected chi connectivity index (χ1v) is 5.64. The van der Waals surface area contributed by atoms with Crippen LogP contribution in [0.1, 0.15) is 16.1 Å². The molecule has 0 saturated heterocycles. The number of carbonyl (C=O) groups is 2. The van der Waals surface area contributed by atoms with E-state index in [0.717, 1.165) is 0 Å². The minimum absolute atomic E-state index is 0.184. The van der Waals surface area contributed by atoms with E-state index < -0.39 is 11.7 Å². The van der Waals surface area contributed by atoms with E-state index in [0.29, 0.717) is 22.8 Å². The quantitative estimate of drug-likeness (QED) is 0.778. The molecule has 0 fully saturated rings. The molecule has 96 valence electrons. The van der Waals surface area contributed by atoms with E-state index in [-0.39, 0.29) is 6.54 Å². The lowest BCUT2D eigenvalue weighted by molar-refractivity contribution is -0.114. The Balaban J connectivity index is 2.00. The third-order valence-corrected chi connectivity index (χ3v) is 2.98. The topological polar surface area (TPSA) is 72.6 Å². The fraction of sp³-hybridized carbons (Fsp3) is 0.154. The first-order valence-electron chi connectivity index (χ1n) is 5.64. The van der Waals surface area contributed by atoms with Crippen LogP contribution in [-0.2, 0) is 11.3 Å². The van der Waals surface area contributed by atoms with Gasteiger partial charge in [0.25, 0.3) is 11.7 Å². The number of hydrogen-bond acceptors (Lipinski definition) is 5. The normalized spacial score (nSPS) is 13.8. The van der Waals surface area contributed by atoms with Gasteiger partial charge in [-0.15, -0.1) is 0 Å². The van der Waals surface area contributed by atoms with Crippen LogP contribution in [0, 0.1) is 0 Å². The van der Waals surface area contributed by atoms with Crippen LogP contribution < -0.4 is 9.64 Å². The highest BCUT2D eigenvalue weighted by atomic mass is 16.5. The minimum Gasteiger partial charge on any atom is -0.497 e. The van der Waals surface area contributed by atoms with Gasteiger partial charge in [-0.25, -0.2) is 0 Å². The fourth-order valence-electron chi connectivity index (χ4n) is 2.04. The number of carbonyl (C=O) groups excluding carboxylic acids is 2. The van der Waals surface area contributed by atoms with Gasteiger partial charge < -0.3 is 9.26 Å². The smallest absolute Gasteiger partial charge is 0.299 e. The summed E-state index contributed by atoms with van der Waals surface area (Å²) in [7, 11) is 1.51. The predicted molar refractivity (Wildman–Crippen MR) is 65.0 cm³/mol. The third-order valence-electron chi connectivity index (χ3n) is 2.98. The van der Waals surface area contributed by atoms with Gasteiger partial charge in [0.1, 0.15) is 5.75 Å². The predicted octanol–water partition coefficient (Wildman–Crippen LogP) is 1.41. The van der Waals surface area contributed by atoms with E-state index in [1.165, 1.54) is 18.2 Å². The largest absolute Gasteiger partial charge is 0.497 e. The first kappa shape index (κ1) is 11.5. The van der Waals surface area contributed by atoms with E-state index in [9.17, 15) is 9.59 Å². The molecule has 0 radical (unpaired) electrons. The van der Waals surface area contributed by atoms with Crippen LogP contribution in [0.5, 0.6) is 5.75 Å². The molecule has 1 amide bonds. The number of rotatable bonds is 3. The number of amides is 1. The number of Topliss-reactive ketones (excluding diaryl/α,β-unsaturated/α-hetero) is 1. The minimum atomic E-state index is -0.570. The second-order valence-corrected chi connectivity index (χ2v) is 4.08. The molecule has 0 unspecified atom stereocenters. The molecule has 0 bridgehead atoms. The van der Waals surface area contributed by atoms with Gasteiger partial charge in [0, 0.05) is 6.07 Å². The van der Waals surface area contributed by atoms with Crippen molar-refractivity contribution >= 4 is 17.4 Å². The summed E-state index contributed by atoms with van der Waals surface area (Å²) in [6.45, 7) is 0.184. The Labute approximate surface area is 108 Å². The molecular weight excluding hydrogens is 248 g/mol. The van der Waals surface area contributed by atoms with Gasteiger partial charge in [-0.2, -0.15) is 0 Å². The van der Waals surface area contributed by atoms with Crippen molar-refractivity contribution in [3.8, 4) is 5.75 Å². The van der Waals surface area contributed by atoms with Crippen LogP contribution >= 0.6 is 0 Å². The summed E-state index contributed by atoms with van der Waals surface area (Å²) < 4.78 is 10.0. The lowest BCUT2D eigenvalue weighted by atomic mass is 10.1. The number of nitrogens with zero attached hydrogens (tertiary/aromatic N) is 2. The molecule has 0 aliphatic carbocycles. The zero-order valence-electron chi connectivity index (χ0n) is 10.1. The number of benzene rings is 1. The van der Waals surface area contributed by atoms with Gasteiger partial charge in [-0.1, -0.05) is 5.16 Å². The molecule has 19 heavy (non-hydrogen) atoms. The van der Waals surface area contributed by atoms with Crippen LogP contribution in [0.2, 0.25) is 0 Å². The number of hydrogen-bond donors (Lipinski definition) is 0. The summed E-state index contributed by atoms with van der Waals surface area (Å²) in [6.07, 6.45) is 1.49. The number of ketones is 1. The Hall–Kier alpha value is -2.63. The number of anilines is 1. The maximum absolute atomic E-state index is 12.0. The summed E-state index contributed by atoms with van der Waals surface area (Å²) in [6, 6.07) is 6.61. The maximum atomic E-state index is 12.0. The van der Waals surface area contributed by atoms with Crippen molar-refractivity contribution in [2.75, 3.05) is 12.0 Å². The van der Waals surface area contributed by atoms with E-state index >= 15 is 0 Å². The number of methoxy groups -OCH3 is 1. The van der Waals surface area contributed by atoms with Crippen molar-refractivity contribution in [1.29, 1.82) is 0 Å². The van der Waals surface area contributed by atoms with E-state index in [2.05, 4.69) is 5.16 Å². The molecule has 0 spiro atoms. The standard InChI is InChI=1S/C13H10N2O4/c1-18-8-2-3-11-10(6-8)12(16)13(17)15(11)7-9-4-5-14-19-9/h2-6H,7H2,1H3. The van der Waals surface area contributed by atoms with Gasteiger partial charge in [-0.05, 0) is 18.2 Å².